The lowest BCUT2D eigenvalue weighted by molar-refractivity contribution is -0.139. The van der Waals surface area contributed by atoms with Crippen LogP contribution in [-0.4, -0.2) is 28.9 Å². The molecule has 1 aromatic rings. The predicted octanol–water partition coefficient (Wildman–Crippen LogP) is 3.05. The van der Waals surface area contributed by atoms with Crippen molar-refractivity contribution in [3.05, 3.63) is 29.3 Å². The maximum absolute atomic E-state index is 10.7. The molecule has 23 heavy (non-hydrogen) atoms. The molecular formula is C19H26O4. The van der Waals surface area contributed by atoms with Gasteiger partial charge in [-0.25, -0.2) is 4.79 Å². The number of hydrogen-bond acceptors (Lipinski definition) is 3. The Balaban J connectivity index is 1.73. The van der Waals surface area contributed by atoms with Crippen LogP contribution >= 0.6 is 0 Å². The lowest BCUT2D eigenvalue weighted by Crippen LogP contribution is -2.26. The van der Waals surface area contributed by atoms with Gasteiger partial charge in [-0.3, -0.25) is 0 Å². The number of rotatable bonds is 6. The van der Waals surface area contributed by atoms with Crippen molar-refractivity contribution in [1.82, 2.24) is 0 Å². The average molecular weight is 318 g/mol. The standard InChI is InChI=1S/C19H26O4/c1-12(20)5-6-13-7-8-15-10-17-14(9-16(13)15)3-2-4-18(17)23-11-19(21)22/h2-4,12-13,15-16,20H,5-11H2,1H3,(H,21,22). The highest BCUT2D eigenvalue weighted by Gasteiger charge is 2.39. The second-order valence-corrected chi connectivity index (χ2v) is 7.17. The molecule has 4 heteroatoms. The quantitative estimate of drug-likeness (QED) is 0.846. The Morgan fingerprint density at radius 3 is 2.91 bits per heavy atom. The fourth-order valence-electron chi connectivity index (χ4n) is 4.47. The lowest BCUT2D eigenvalue weighted by Gasteiger charge is -2.32. The van der Waals surface area contributed by atoms with Crippen LogP contribution in [0.4, 0.5) is 0 Å². The van der Waals surface area contributed by atoms with E-state index >= 15 is 0 Å². The third kappa shape index (κ3) is 3.69. The van der Waals surface area contributed by atoms with E-state index < -0.39 is 5.97 Å². The summed E-state index contributed by atoms with van der Waals surface area (Å²) < 4.78 is 5.49. The van der Waals surface area contributed by atoms with E-state index in [-0.39, 0.29) is 12.7 Å². The number of hydrogen-bond donors (Lipinski definition) is 2. The first-order valence-corrected chi connectivity index (χ1v) is 8.68. The molecule has 2 aliphatic carbocycles. The number of carboxylic acids is 1. The Bertz CT molecular complexity index is 566. The molecule has 2 N–H and O–H groups in total. The first-order valence-electron chi connectivity index (χ1n) is 8.68. The number of carbonyl (C=O) groups is 1. The first-order chi connectivity index (χ1) is 11.0. The summed E-state index contributed by atoms with van der Waals surface area (Å²) in [7, 11) is 0. The van der Waals surface area contributed by atoms with Crippen LogP contribution in [0.25, 0.3) is 0 Å². The molecule has 0 saturated heterocycles. The van der Waals surface area contributed by atoms with Gasteiger partial charge >= 0.3 is 5.97 Å². The Morgan fingerprint density at radius 2 is 2.17 bits per heavy atom. The second kappa shape index (κ2) is 6.91. The number of aliphatic carboxylic acids is 1. The molecule has 0 heterocycles. The molecule has 4 unspecified atom stereocenters. The van der Waals surface area contributed by atoms with Crippen molar-refractivity contribution in [1.29, 1.82) is 0 Å². The van der Waals surface area contributed by atoms with E-state index in [0.29, 0.717) is 17.8 Å². The van der Waals surface area contributed by atoms with E-state index in [1.165, 1.54) is 24.0 Å². The molecule has 0 aromatic heterocycles. The van der Waals surface area contributed by atoms with Crippen LogP contribution in [0.1, 0.15) is 43.7 Å². The number of carboxylic acid groups (broad SMARTS) is 1. The summed E-state index contributed by atoms with van der Waals surface area (Å²) >= 11 is 0. The second-order valence-electron chi connectivity index (χ2n) is 7.17. The van der Waals surface area contributed by atoms with E-state index in [1.54, 1.807) is 0 Å². The van der Waals surface area contributed by atoms with Crippen LogP contribution in [-0.2, 0) is 17.6 Å². The van der Waals surface area contributed by atoms with Gasteiger partial charge in [-0.1, -0.05) is 12.1 Å². The third-order valence-corrected chi connectivity index (χ3v) is 5.58. The van der Waals surface area contributed by atoms with E-state index in [9.17, 15) is 9.90 Å². The van der Waals surface area contributed by atoms with Gasteiger partial charge in [0.2, 0.25) is 0 Å². The zero-order chi connectivity index (χ0) is 16.4. The maximum Gasteiger partial charge on any atom is 0.341 e. The maximum atomic E-state index is 10.7. The van der Waals surface area contributed by atoms with Crippen LogP contribution in [0.3, 0.4) is 0 Å². The van der Waals surface area contributed by atoms with Gasteiger partial charge in [0.1, 0.15) is 5.75 Å². The fraction of sp³-hybridized carbons (Fsp3) is 0.632. The van der Waals surface area contributed by atoms with Gasteiger partial charge in [0.25, 0.3) is 0 Å². The molecule has 0 spiro atoms. The van der Waals surface area contributed by atoms with Crippen molar-refractivity contribution in [2.75, 3.05) is 6.61 Å². The lowest BCUT2D eigenvalue weighted by atomic mass is 9.73. The molecule has 126 valence electrons. The molecule has 3 rings (SSSR count). The van der Waals surface area contributed by atoms with Crippen LogP contribution in [0, 0.1) is 17.8 Å². The molecule has 0 amide bonds. The summed E-state index contributed by atoms with van der Waals surface area (Å²) in [4.78, 5) is 10.7. The van der Waals surface area contributed by atoms with Gasteiger partial charge < -0.3 is 14.9 Å². The summed E-state index contributed by atoms with van der Waals surface area (Å²) in [6, 6.07) is 6.02. The van der Waals surface area contributed by atoms with Crippen molar-refractivity contribution in [2.24, 2.45) is 17.8 Å². The predicted molar refractivity (Wildman–Crippen MR) is 87.6 cm³/mol. The number of aliphatic hydroxyl groups excluding tert-OH is 1. The highest BCUT2D eigenvalue weighted by atomic mass is 16.5. The summed E-state index contributed by atoms with van der Waals surface area (Å²) in [5.41, 5.74) is 2.53. The van der Waals surface area contributed by atoms with Crippen LogP contribution in [0.5, 0.6) is 5.75 Å². The zero-order valence-electron chi connectivity index (χ0n) is 13.7. The number of fused-ring (bicyclic) bond motifs is 2. The summed E-state index contributed by atoms with van der Waals surface area (Å²) in [6.45, 7) is 1.59. The zero-order valence-corrected chi connectivity index (χ0v) is 13.7. The van der Waals surface area contributed by atoms with Crippen molar-refractivity contribution < 1.29 is 19.7 Å². The van der Waals surface area contributed by atoms with E-state index in [2.05, 4.69) is 6.07 Å². The SMILES string of the molecule is CC(O)CCC1CCC2Cc3c(cccc3OCC(=O)O)CC12. The Labute approximate surface area is 137 Å². The van der Waals surface area contributed by atoms with Crippen molar-refractivity contribution in [2.45, 2.75) is 51.6 Å². The van der Waals surface area contributed by atoms with Crippen LogP contribution < -0.4 is 4.74 Å². The van der Waals surface area contributed by atoms with Gasteiger partial charge in [0, 0.05) is 0 Å². The van der Waals surface area contributed by atoms with Gasteiger partial charge in [0.15, 0.2) is 6.61 Å². The largest absolute Gasteiger partial charge is 0.482 e. The molecule has 0 aliphatic heterocycles. The Kier molecular flexibility index (Phi) is 4.90. The van der Waals surface area contributed by atoms with Crippen LogP contribution in [0.2, 0.25) is 0 Å². The normalized spacial score (nSPS) is 27.1. The Morgan fingerprint density at radius 1 is 1.35 bits per heavy atom. The van der Waals surface area contributed by atoms with Crippen molar-refractivity contribution in [3.8, 4) is 5.75 Å². The molecule has 1 aromatic carbocycles. The summed E-state index contributed by atoms with van der Waals surface area (Å²) in [5.74, 6) is 1.91. The van der Waals surface area contributed by atoms with Gasteiger partial charge in [0.05, 0.1) is 6.10 Å². The smallest absolute Gasteiger partial charge is 0.341 e. The topological polar surface area (TPSA) is 66.8 Å². The number of ether oxygens (including phenoxy) is 1. The molecule has 4 nitrogen and oxygen atoms in total. The summed E-state index contributed by atoms with van der Waals surface area (Å²) in [6.07, 6.45) is 6.35. The van der Waals surface area contributed by atoms with Gasteiger partial charge in [-0.2, -0.15) is 0 Å². The minimum absolute atomic E-state index is 0.207. The monoisotopic (exact) mass is 318 g/mol. The highest BCUT2D eigenvalue weighted by Crippen LogP contribution is 2.48. The minimum atomic E-state index is -0.935. The highest BCUT2D eigenvalue weighted by molar-refractivity contribution is 5.68. The van der Waals surface area contributed by atoms with Crippen molar-refractivity contribution in [3.63, 3.8) is 0 Å². The summed E-state index contributed by atoms with van der Waals surface area (Å²) in [5, 5.41) is 18.4. The fourth-order valence-corrected chi connectivity index (χ4v) is 4.47. The third-order valence-electron chi connectivity index (χ3n) is 5.58. The van der Waals surface area contributed by atoms with Gasteiger partial charge in [-0.05, 0) is 80.4 Å². The van der Waals surface area contributed by atoms with Crippen LogP contribution in [0.15, 0.2) is 18.2 Å². The first kappa shape index (κ1) is 16.3. The number of benzene rings is 1. The molecular weight excluding hydrogens is 292 g/mol. The molecule has 1 saturated carbocycles. The molecule has 2 aliphatic rings. The number of aliphatic hydroxyl groups is 1. The van der Waals surface area contributed by atoms with Crippen molar-refractivity contribution >= 4 is 5.97 Å². The van der Waals surface area contributed by atoms with E-state index in [0.717, 1.165) is 31.4 Å². The molecule has 1 fully saturated rings. The average Bonchev–Trinajstić information content (AvgIpc) is 2.90. The van der Waals surface area contributed by atoms with E-state index in [1.807, 2.05) is 19.1 Å². The molecule has 4 atom stereocenters. The minimum Gasteiger partial charge on any atom is -0.482 e. The Hall–Kier alpha value is -1.55. The van der Waals surface area contributed by atoms with Gasteiger partial charge in [-0.15, -0.1) is 0 Å². The molecule has 0 bridgehead atoms. The molecule has 0 radical (unpaired) electrons. The van der Waals surface area contributed by atoms with E-state index in [4.69, 9.17) is 9.84 Å².